The standard InChI is InChI=1S/C22H29N5O5S/c1-15(2)31-22(28)26-9-7-17(8-10-26)32-21-13-20(24-14-25-21)27-11-6-16-12-18(4-5-19(16)27)33(29,30)23-3/h4-5,12-15,17,23H,6-11H2,1-3H3. The van der Waals surface area contributed by atoms with Crippen molar-refractivity contribution in [1.82, 2.24) is 19.6 Å². The third-order valence-corrected chi connectivity index (χ3v) is 7.17. The third-order valence-electron chi connectivity index (χ3n) is 5.75. The summed E-state index contributed by atoms with van der Waals surface area (Å²) in [5, 5.41) is 0. The van der Waals surface area contributed by atoms with Crippen LogP contribution < -0.4 is 14.4 Å². The number of hydrogen-bond acceptors (Lipinski definition) is 8. The molecule has 10 nitrogen and oxygen atoms in total. The summed E-state index contributed by atoms with van der Waals surface area (Å²) in [6.45, 7) is 5.51. The lowest BCUT2D eigenvalue weighted by molar-refractivity contribution is 0.0507. The Morgan fingerprint density at radius 2 is 1.91 bits per heavy atom. The van der Waals surface area contributed by atoms with Crippen LogP contribution in [0.3, 0.4) is 0 Å². The second-order valence-corrected chi connectivity index (χ2v) is 10.2. The summed E-state index contributed by atoms with van der Waals surface area (Å²) in [7, 11) is -2.09. The molecule has 0 aliphatic carbocycles. The summed E-state index contributed by atoms with van der Waals surface area (Å²) in [6, 6.07) is 6.91. The van der Waals surface area contributed by atoms with Crippen molar-refractivity contribution in [2.75, 3.05) is 31.6 Å². The van der Waals surface area contributed by atoms with E-state index < -0.39 is 10.0 Å². The number of benzene rings is 1. The highest BCUT2D eigenvalue weighted by Gasteiger charge is 2.27. The van der Waals surface area contributed by atoms with E-state index in [0.717, 1.165) is 11.3 Å². The number of hydrogen-bond donors (Lipinski definition) is 1. The maximum absolute atomic E-state index is 12.1. The molecule has 1 aromatic carbocycles. The Bertz CT molecular complexity index is 1120. The predicted octanol–water partition coefficient (Wildman–Crippen LogP) is 2.47. The maximum atomic E-state index is 12.1. The number of rotatable bonds is 6. The van der Waals surface area contributed by atoms with E-state index in [0.29, 0.717) is 50.6 Å². The van der Waals surface area contributed by atoms with Crippen molar-refractivity contribution in [3.63, 3.8) is 0 Å². The summed E-state index contributed by atoms with van der Waals surface area (Å²) in [5.41, 5.74) is 1.87. The van der Waals surface area contributed by atoms with Crippen molar-refractivity contribution in [2.24, 2.45) is 0 Å². The normalized spacial score (nSPS) is 16.7. The lowest BCUT2D eigenvalue weighted by Crippen LogP contribution is -2.42. The van der Waals surface area contributed by atoms with Crippen LogP contribution in [0, 0.1) is 0 Å². The number of nitrogens with zero attached hydrogens (tertiary/aromatic N) is 4. The van der Waals surface area contributed by atoms with Crippen molar-refractivity contribution < 1.29 is 22.7 Å². The summed E-state index contributed by atoms with van der Waals surface area (Å²) >= 11 is 0. The average Bonchev–Trinajstić information content (AvgIpc) is 3.23. The van der Waals surface area contributed by atoms with Crippen LogP contribution in [-0.2, 0) is 21.2 Å². The molecule has 0 saturated carbocycles. The second kappa shape index (κ2) is 9.52. The molecule has 0 bridgehead atoms. The zero-order valence-corrected chi connectivity index (χ0v) is 19.8. The molecule has 0 spiro atoms. The van der Waals surface area contributed by atoms with Crippen LogP contribution in [0.25, 0.3) is 0 Å². The van der Waals surface area contributed by atoms with Gasteiger partial charge in [-0.3, -0.25) is 0 Å². The fraction of sp³-hybridized carbons (Fsp3) is 0.500. The molecule has 2 aliphatic heterocycles. The van der Waals surface area contributed by atoms with Gasteiger partial charge in [0.25, 0.3) is 0 Å². The van der Waals surface area contributed by atoms with Crippen LogP contribution in [0.1, 0.15) is 32.3 Å². The monoisotopic (exact) mass is 475 g/mol. The Labute approximate surface area is 194 Å². The number of sulfonamides is 1. The zero-order valence-electron chi connectivity index (χ0n) is 19.0. The molecule has 178 valence electrons. The topological polar surface area (TPSA) is 114 Å². The summed E-state index contributed by atoms with van der Waals surface area (Å²) < 4.78 is 37.9. The molecule has 1 amide bonds. The number of ether oxygens (including phenoxy) is 2. The summed E-state index contributed by atoms with van der Waals surface area (Å²) in [6.07, 6.45) is 3.11. The van der Waals surface area contributed by atoms with Gasteiger partial charge in [-0.25, -0.2) is 27.9 Å². The van der Waals surface area contributed by atoms with Crippen molar-refractivity contribution in [1.29, 1.82) is 0 Å². The van der Waals surface area contributed by atoms with E-state index in [1.807, 2.05) is 18.7 Å². The smallest absolute Gasteiger partial charge is 0.410 e. The van der Waals surface area contributed by atoms with Crippen LogP contribution in [-0.4, -0.2) is 68.3 Å². The first-order chi connectivity index (χ1) is 15.8. The number of fused-ring (bicyclic) bond motifs is 1. The second-order valence-electron chi connectivity index (χ2n) is 8.35. The van der Waals surface area contributed by atoms with Gasteiger partial charge in [-0.15, -0.1) is 0 Å². The van der Waals surface area contributed by atoms with Gasteiger partial charge in [-0.05, 0) is 51.1 Å². The average molecular weight is 476 g/mol. The van der Waals surface area contributed by atoms with Gasteiger partial charge in [-0.1, -0.05) is 0 Å². The SMILES string of the molecule is CNS(=O)(=O)c1ccc2c(c1)CCN2c1cc(OC2CCN(C(=O)OC(C)C)CC2)ncn1. The molecule has 1 saturated heterocycles. The fourth-order valence-corrected chi connectivity index (χ4v) is 4.83. The molecule has 1 fully saturated rings. The van der Waals surface area contributed by atoms with Crippen LogP contribution in [0.5, 0.6) is 5.88 Å². The Balaban J connectivity index is 1.41. The van der Waals surface area contributed by atoms with E-state index >= 15 is 0 Å². The van der Waals surface area contributed by atoms with Gasteiger partial charge in [-0.2, -0.15) is 0 Å². The highest BCUT2D eigenvalue weighted by atomic mass is 32.2. The van der Waals surface area contributed by atoms with Gasteiger partial charge >= 0.3 is 6.09 Å². The Hall–Kier alpha value is -2.92. The summed E-state index contributed by atoms with van der Waals surface area (Å²) in [4.78, 5) is 24.7. The number of likely N-dealkylation sites (tertiary alicyclic amines) is 1. The van der Waals surface area contributed by atoms with Gasteiger partial charge in [0.2, 0.25) is 15.9 Å². The quantitative estimate of drug-likeness (QED) is 0.678. The van der Waals surface area contributed by atoms with Crippen LogP contribution in [0.2, 0.25) is 0 Å². The van der Waals surface area contributed by atoms with Crippen LogP contribution in [0.4, 0.5) is 16.3 Å². The van der Waals surface area contributed by atoms with Crippen LogP contribution in [0.15, 0.2) is 35.5 Å². The Morgan fingerprint density at radius 1 is 1.15 bits per heavy atom. The Kier molecular flexibility index (Phi) is 6.71. The van der Waals surface area contributed by atoms with Gasteiger partial charge in [0.05, 0.1) is 11.0 Å². The number of carbonyl (C=O) groups is 1. The first-order valence-electron chi connectivity index (χ1n) is 11.0. The minimum Gasteiger partial charge on any atom is -0.474 e. The molecule has 3 heterocycles. The maximum Gasteiger partial charge on any atom is 0.410 e. The first-order valence-corrected chi connectivity index (χ1v) is 12.5. The van der Waals surface area contributed by atoms with E-state index in [1.54, 1.807) is 29.2 Å². The minimum absolute atomic E-state index is 0.0453. The van der Waals surface area contributed by atoms with Gasteiger partial charge in [0.1, 0.15) is 18.2 Å². The molecule has 2 aliphatic rings. The number of aromatic nitrogens is 2. The van der Waals surface area contributed by atoms with Crippen molar-refractivity contribution in [3.05, 3.63) is 36.2 Å². The van der Waals surface area contributed by atoms with Gasteiger partial charge < -0.3 is 19.3 Å². The molecule has 1 N–H and O–H groups in total. The molecule has 11 heteroatoms. The number of nitrogens with one attached hydrogen (secondary N) is 1. The molecule has 0 atom stereocenters. The number of piperidine rings is 1. The molecule has 1 aromatic heterocycles. The van der Waals surface area contributed by atoms with Gasteiger partial charge in [0, 0.05) is 44.2 Å². The van der Waals surface area contributed by atoms with Crippen molar-refractivity contribution in [2.45, 2.75) is 50.2 Å². The lowest BCUT2D eigenvalue weighted by Gasteiger charge is -2.31. The van der Waals surface area contributed by atoms with Gasteiger partial charge in [0.15, 0.2) is 0 Å². The molecule has 4 rings (SSSR count). The highest BCUT2D eigenvalue weighted by molar-refractivity contribution is 7.89. The van der Waals surface area contributed by atoms with E-state index in [2.05, 4.69) is 14.7 Å². The van der Waals surface area contributed by atoms with E-state index in [4.69, 9.17) is 9.47 Å². The summed E-state index contributed by atoms with van der Waals surface area (Å²) in [5.74, 6) is 1.17. The number of amides is 1. The molecule has 2 aromatic rings. The molecule has 0 unspecified atom stereocenters. The number of anilines is 2. The first kappa shape index (κ1) is 23.2. The largest absolute Gasteiger partial charge is 0.474 e. The fourth-order valence-electron chi connectivity index (χ4n) is 4.05. The van der Waals surface area contributed by atoms with E-state index in [9.17, 15) is 13.2 Å². The Morgan fingerprint density at radius 3 is 2.61 bits per heavy atom. The van der Waals surface area contributed by atoms with Crippen molar-refractivity contribution in [3.8, 4) is 5.88 Å². The predicted molar refractivity (Wildman–Crippen MR) is 122 cm³/mol. The van der Waals surface area contributed by atoms with Crippen LogP contribution >= 0.6 is 0 Å². The third kappa shape index (κ3) is 5.19. The number of carbonyl (C=O) groups excluding carboxylic acids is 1. The molecule has 33 heavy (non-hydrogen) atoms. The van der Waals surface area contributed by atoms with Crippen molar-refractivity contribution >= 4 is 27.6 Å². The van der Waals surface area contributed by atoms with E-state index in [-0.39, 0.29) is 23.2 Å². The minimum atomic E-state index is -3.49. The van der Waals surface area contributed by atoms with E-state index in [1.165, 1.54) is 13.4 Å². The highest BCUT2D eigenvalue weighted by Crippen LogP contribution is 2.35. The molecular formula is C22H29N5O5S. The molecular weight excluding hydrogens is 446 g/mol. The molecule has 0 radical (unpaired) electrons. The zero-order chi connectivity index (χ0) is 23.6. The lowest BCUT2D eigenvalue weighted by atomic mass is 10.1.